The number of carbonyl (C=O) groups excluding carboxylic acids is 1. The summed E-state index contributed by atoms with van der Waals surface area (Å²) in [6, 6.07) is 1.57. The van der Waals surface area contributed by atoms with Crippen molar-refractivity contribution in [3.63, 3.8) is 0 Å². The minimum absolute atomic E-state index is 0.105. The molecule has 0 fully saturated rings. The van der Waals surface area contributed by atoms with E-state index in [1.54, 1.807) is 18.3 Å². The minimum atomic E-state index is -1.51. The van der Waals surface area contributed by atoms with Crippen LogP contribution >= 0.6 is 0 Å². The highest BCUT2D eigenvalue weighted by Gasteiger charge is 2.15. The van der Waals surface area contributed by atoms with Gasteiger partial charge in [0, 0.05) is 0 Å². The summed E-state index contributed by atoms with van der Waals surface area (Å²) in [5.41, 5.74) is -0.339. The number of hydrogen-bond donors (Lipinski definition) is 2. The van der Waals surface area contributed by atoms with E-state index in [2.05, 4.69) is 0 Å². The quantitative estimate of drug-likeness (QED) is 0.393. The fraction of sp³-hybridized carbons (Fsp3) is 0.375. The van der Waals surface area contributed by atoms with Crippen LogP contribution in [0.1, 0.15) is 13.8 Å². The molecule has 0 rings (SSSR count). The van der Waals surface area contributed by atoms with Crippen molar-refractivity contribution in [1.82, 2.24) is 5.32 Å². The van der Waals surface area contributed by atoms with Crippen LogP contribution in [0.15, 0.2) is 11.3 Å². The molecule has 0 aromatic carbocycles. The van der Waals surface area contributed by atoms with Crippen molar-refractivity contribution in [2.75, 3.05) is 6.61 Å². The Morgan fingerprint density at radius 1 is 1.57 bits per heavy atom. The molecular formula is C8H10N2O4. The Labute approximate surface area is 80.8 Å². The first-order valence-corrected chi connectivity index (χ1v) is 3.81. The zero-order chi connectivity index (χ0) is 11.1. The standard InChI is InChI=1S/C8H10N2O4/c1-3-14-5(2)6(4-9)7(11)10-8(12)13/h3H2,1-2H3,(H,10,11)(H,12,13)/b6-5-. The Morgan fingerprint density at radius 2 is 2.14 bits per heavy atom. The Morgan fingerprint density at radius 3 is 2.50 bits per heavy atom. The van der Waals surface area contributed by atoms with E-state index in [-0.39, 0.29) is 11.3 Å². The van der Waals surface area contributed by atoms with E-state index in [0.717, 1.165) is 0 Å². The maximum Gasteiger partial charge on any atom is 0.411 e. The van der Waals surface area contributed by atoms with Crippen LogP contribution in [0.25, 0.3) is 0 Å². The highest BCUT2D eigenvalue weighted by molar-refractivity contribution is 6.04. The summed E-state index contributed by atoms with van der Waals surface area (Å²) in [6.07, 6.45) is -1.51. The van der Waals surface area contributed by atoms with Gasteiger partial charge in [0.05, 0.1) is 6.61 Å². The molecule has 0 aliphatic rings. The van der Waals surface area contributed by atoms with Gasteiger partial charge in [-0.25, -0.2) is 4.79 Å². The predicted octanol–water partition coefficient (Wildman–Crippen LogP) is 0.615. The van der Waals surface area contributed by atoms with Gasteiger partial charge in [-0.05, 0) is 13.8 Å². The average Bonchev–Trinajstić information content (AvgIpc) is 2.04. The van der Waals surface area contributed by atoms with E-state index >= 15 is 0 Å². The summed E-state index contributed by atoms with van der Waals surface area (Å²) in [5.74, 6) is -0.875. The van der Waals surface area contributed by atoms with Gasteiger partial charge in [-0.2, -0.15) is 5.26 Å². The Hall–Kier alpha value is -2.03. The topological polar surface area (TPSA) is 99.4 Å². The van der Waals surface area contributed by atoms with Gasteiger partial charge >= 0.3 is 6.09 Å². The first-order valence-electron chi connectivity index (χ1n) is 3.81. The van der Waals surface area contributed by atoms with E-state index in [0.29, 0.717) is 6.61 Å². The van der Waals surface area contributed by atoms with Gasteiger partial charge in [-0.15, -0.1) is 0 Å². The smallest absolute Gasteiger partial charge is 0.411 e. The fourth-order valence-electron chi connectivity index (χ4n) is 0.738. The summed E-state index contributed by atoms with van der Waals surface area (Å²) in [4.78, 5) is 21.2. The van der Waals surface area contributed by atoms with Crippen molar-refractivity contribution in [1.29, 1.82) is 5.26 Å². The average molecular weight is 198 g/mol. The number of carbonyl (C=O) groups is 2. The van der Waals surface area contributed by atoms with Gasteiger partial charge in [-0.3, -0.25) is 10.1 Å². The second kappa shape index (κ2) is 5.59. The first kappa shape index (κ1) is 12.0. The minimum Gasteiger partial charge on any atom is -0.497 e. The van der Waals surface area contributed by atoms with Gasteiger partial charge in [-0.1, -0.05) is 0 Å². The van der Waals surface area contributed by atoms with Crippen molar-refractivity contribution in [2.24, 2.45) is 0 Å². The normalized spacial score (nSPS) is 10.9. The predicted molar refractivity (Wildman–Crippen MR) is 46.1 cm³/mol. The van der Waals surface area contributed by atoms with Gasteiger partial charge in [0.25, 0.3) is 5.91 Å². The molecule has 0 heterocycles. The second-order valence-corrected chi connectivity index (χ2v) is 2.24. The number of rotatable bonds is 3. The number of nitrogens with one attached hydrogen (secondary N) is 1. The SMILES string of the molecule is CCO/C(C)=C(/C#N)C(=O)NC(=O)O. The summed E-state index contributed by atoms with van der Waals surface area (Å²) < 4.78 is 4.90. The third-order valence-corrected chi connectivity index (χ3v) is 1.27. The molecule has 0 aliphatic carbocycles. The lowest BCUT2D eigenvalue weighted by molar-refractivity contribution is -0.116. The molecule has 0 unspecified atom stereocenters. The molecule has 0 aromatic rings. The largest absolute Gasteiger partial charge is 0.497 e. The van der Waals surface area contributed by atoms with Crippen molar-refractivity contribution >= 4 is 12.0 Å². The highest BCUT2D eigenvalue weighted by Crippen LogP contribution is 2.04. The molecule has 0 aliphatic heterocycles. The van der Waals surface area contributed by atoms with Crippen LogP contribution in [0.2, 0.25) is 0 Å². The zero-order valence-corrected chi connectivity index (χ0v) is 7.83. The molecule has 0 saturated carbocycles. The number of allylic oxidation sites excluding steroid dienone is 1. The zero-order valence-electron chi connectivity index (χ0n) is 7.83. The van der Waals surface area contributed by atoms with Crippen molar-refractivity contribution in [2.45, 2.75) is 13.8 Å². The molecule has 2 amide bonds. The van der Waals surface area contributed by atoms with E-state index in [1.807, 2.05) is 0 Å². The van der Waals surface area contributed by atoms with Crippen molar-refractivity contribution < 1.29 is 19.4 Å². The van der Waals surface area contributed by atoms with Crippen LogP contribution < -0.4 is 5.32 Å². The lowest BCUT2D eigenvalue weighted by Crippen LogP contribution is -2.30. The molecule has 76 valence electrons. The maximum atomic E-state index is 11.0. The maximum absolute atomic E-state index is 11.0. The van der Waals surface area contributed by atoms with Gasteiger partial charge in [0.2, 0.25) is 0 Å². The highest BCUT2D eigenvalue weighted by atomic mass is 16.5. The Bertz CT molecular complexity index is 314. The Kier molecular flexibility index (Phi) is 4.78. The van der Waals surface area contributed by atoms with Gasteiger partial charge < -0.3 is 9.84 Å². The fourth-order valence-corrected chi connectivity index (χ4v) is 0.738. The molecule has 6 nitrogen and oxygen atoms in total. The van der Waals surface area contributed by atoms with E-state index < -0.39 is 12.0 Å². The second-order valence-electron chi connectivity index (χ2n) is 2.24. The van der Waals surface area contributed by atoms with Crippen LogP contribution in [0.5, 0.6) is 0 Å². The number of nitriles is 1. The van der Waals surface area contributed by atoms with Crippen LogP contribution in [-0.4, -0.2) is 23.7 Å². The first-order chi connectivity index (χ1) is 6.52. The van der Waals surface area contributed by atoms with Crippen LogP contribution in [0.4, 0.5) is 4.79 Å². The van der Waals surface area contributed by atoms with Crippen molar-refractivity contribution in [3.8, 4) is 6.07 Å². The van der Waals surface area contributed by atoms with Crippen molar-refractivity contribution in [3.05, 3.63) is 11.3 Å². The van der Waals surface area contributed by atoms with Gasteiger partial charge in [0.1, 0.15) is 11.8 Å². The number of carboxylic acid groups (broad SMARTS) is 1. The molecule has 2 N–H and O–H groups in total. The van der Waals surface area contributed by atoms with Gasteiger partial charge in [0.15, 0.2) is 5.57 Å². The lowest BCUT2D eigenvalue weighted by Gasteiger charge is -2.04. The van der Waals surface area contributed by atoms with Crippen LogP contribution in [-0.2, 0) is 9.53 Å². The lowest BCUT2D eigenvalue weighted by atomic mass is 10.2. The van der Waals surface area contributed by atoms with E-state index in [4.69, 9.17) is 15.1 Å². The molecule has 0 bridgehead atoms. The van der Waals surface area contributed by atoms with E-state index in [9.17, 15) is 9.59 Å². The number of nitrogens with zero attached hydrogens (tertiary/aromatic N) is 1. The summed E-state index contributed by atoms with van der Waals surface area (Å²) in [6.45, 7) is 3.41. The molecule has 6 heteroatoms. The molecule has 0 aromatic heterocycles. The summed E-state index contributed by atoms with van der Waals surface area (Å²) in [5, 5.41) is 18.4. The molecular weight excluding hydrogens is 188 g/mol. The number of hydrogen-bond acceptors (Lipinski definition) is 4. The van der Waals surface area contributed by atoms with E-state index in [1.165, 1.54) is 6.92 Å². The number of amides is 2. The van der Waals surface area contributed by atoms with Crippen LogP contribution in [0, 0.1) is 11.3 Å². The Balaban J connectivity index is 4.73. The number of imide groups is 1. The monoisotopic (exact) mass is 198 g/mol. The number of ether oxygens (including phenoxy) is 1. The molecule has 0 saturated heterocycles. The molecule has 14 heavy (non-hydrogen) atoms. The van der Waals surface area contributed by atoms with Crippen LogP contribution in [0.3, 0.4) is 0 Å². The molecule has 0 spiro atoms. The summed E-state index contributed by atoms with van der Waals surface area (Å²) in [7, 11) is 0. The third-order valence-electron chi connectivity index (χ3n) is 1.27. The molecule has 0 atom stereocenters. The molecule has 0 radical (unpaired) electrons. The summed E-state index contributed by atoms with van der Waals surface area (Å²) >= 11 is 0. The third kappa shape index (κ3) is 3.58.